The molecule has 0 unspecified atom stereocenters. The van der Waals surface area contributed by atoms with Crippen LogP contribution in [0.1, 0.15) is 43.5 Å². The van der Waals surface area contributed by atoms with Crippen molar-refractivity contribution < 1.29 is 9.59 Å². The van der Waals surface area contributed by atoms with Crippen LogP contribution in [-0.4, -0.2) is 32.1 Å². The van der Waals surface area contributed by atoms with Crippen molar-refractivity contribution in [1.82, 2.24) is 19.6 Å². The Balaban J connectivity index is 2.42. The van der Waals surface area contributed by atoms with Crippen molar-refractivity contribution >= 4 is 12.6 Å². The molecule has 100 valence electrons. The van der Waals surface area contributed by atoms with Crippen LogP contribution in [0.3, 0.4) is 0 Å². The van der Waals surface area contributed by atoms with Crippen LogP contribution in [0.15, 0.2) is 0 Å². The van der Waals surface area contributed by atoms with Crippen molar-refractivity contribution in [3.05, 3.63) is 33.9 Å². The second kappa shape index (κ2) is 4.79. The third-order valence-corrected chi connectivity index (χ3v) is 3.38. The highest BCUT2D eigenvalue weighted by Gasteiger charge is 2.14. The van der Waals surface area contributed by atoms with Gasteiger partial charge in [-0.05, 0) is 27.7 Å². The molecule has 0 spiro atoms. The number of hydrogen-bond acceptors (Lipinski definition) is 4. The molecule has 6 heteroatoms. The molecule has 0 aliphatic rings. The number of carbonyl (C=O) groups is 2. The van der Waals surface area contributed by atoms with E-state index in [1.807, 2.05) is 13.8 Å². The molecule has 0 amide bonds. The zero-order valence-corrected chi connectivity index (χ0v) is 11.5. The van der Waals surface area contributed by atoms with E-state index in [4.69, 9.17) is 0 Å². The lowest BCUT2D eigenvalue weighted by molar-refractivity contribution is 0.111. The van der Waals surface area contributed by atoms with Gasteiger partial charge >= 0.3 is 0 Å². The van der Waals surface area contributed by atoms with Crippen LogP contribution in [-0.2, 0) is 6.67 Å². The lowest BCUT2D eigenvalue weighted by Gasteiger charge is -2.07. The standard InChI is InChI=1S/C13H16N4O2/c1-8-12(5-18)10(3)16(14-8)7-17-11(4)13(6-19)9(2)15-17/h5-6H,7H2,1-4H3. The first-order valence-corrected chi connectivity index (χ1v) is 5.98. The van der Waals surface area contributed by atoms with Gasteiger partial charge in [-0.25, -0.2) is 9.36 Å². The Bertz CT molecular complexity index is 596. The third-order valence-electron chi connectivity index (χ3n) is 3.38. The smallest absolute Gasteiger partial charge is 0.153 e. The summed E-state index contributed by atoms with van der Waals surface area (Å²) in [6, 6.07) is 0. The lowest BCUT2D eigenvalue weighted by Crippen LogP contribution is -2.14. The number of rotatable bonds is 4. The molecule has 2 aromatic rings. The first-order chi connectivity index (χ1) is 8.99. The van der Waals surface area contributed by atoms with E-state index in [-0.39, 0.29) is 0 Å². The topological polar surface area (TPSA) is 69.8 Å². The van der Waals surface area contributed by atoms with Crippen molar-refractivity contribution in [3.63, 3.8) is 0 Å². The van der Waals surface area contributed by atoms with E-state index in [1.165, 1.54) is 0 Å². The van der Waals surface area contributed by atoms with Gasteiger partial charge in [-0.3, -0.25) is 9.59 Å². The molecule has 0 radical (unpaired) electrons. The van der Waals surface area contributed by atoms with Crippen LogP contribution >= 0.6 is 0 Å². The highest BCUT2D eigenvalue weighted by molar-refractivity contribution is 5.78. The minimum Gasteiger partial charge on any atom is -0.298 e. The lowest BCUT2D eigenvalue weighted by atomic mass is 10.2. The molecule has 0 bridgehead atoms. The van der Waals surface area contributed by atoms with E-state index in [0.717, 1.165) is 24.0 Å². The molecule has 0 saturated carbocycles. The van der Waals surface area contributed by atoms with E-state index < -0.39 is 0 Å². The summed E-state index contributed by atoms with van der Waals surface area (Å²) in [7, 11) is 0. The molecule has 6 nitrogen and oxygen atoms in total. The molecule has 0 N–H and O–H groups in total. The van der Waals surface area contributed by atoms with Crippen molar-refractivity contribution in [2.24, 2.45) is 0 Å². The highest BCUT2D eigenvalue weighted by atomic mass is 16.1. The zero-order valence-electron chi connectivity index (χ0n) is 11.5. The maximum Gasteiger partial charge on any atom is 0.153 e. The van der Waals surface area contributed by atoms with Gasteiger partial charge in [0.1, 0.15) is 6.67 Å². The van der Waals surface area contributed by atoms with Gasteiger partial charge in [-0.2, -0.15) is 10.2 Å². The Labute approximate surface area is 111 Å². The Kier molecular flexibility index (Phi) is 3.33. The van der Waals surface area contributed by atoms with Gasteiger partial charge in [0.2, 0.25) is 0 Å². The zero-order chi connectivity index (χ0) is 14.2. The molecule has 0 fully saturated rings. The minimum atomic E-state index is 0.390. The van der Waals surface area contributed by atoms with Gasteiger partial charge in [0.15, 0.2) is 12.6 Å². The normalized spacial score (nSPS) is 10.7. The van der Waals surface area contributed by atoms with E-state index in [9.17, 15) is 9.59 Å². The van der Waals surface area contributed by atoms with E-state index in [1.54, 1.807) is 23.2 Å². The van der Waals surface area contributed by atoms with Crippen molar-refractivity contribution in [2.45, 2.75) is 34.4 Å². The SMILES string of the molecule is Cc1nn(Cn2nc(C)c(C=O)c2C)c(C)c1C=O. The van der Waals surface area contributed by atoms with Gasteiger partial charge in [-0.15, -0.1) is 0 Å². The molecule has 19 heavy (non-hydrogen) atoms. The van der Waals surface area contributed by atoms with Gasteiger partial charge in [-0.1, -0.05) is 0 Å². The Morgan fingerprint density at radius 1 is 0.842 bits per heavy atom. The summed E-state index contributed by atoms with van der Waals surface area (Å²) in [6.45, 7) is 7.67. The Hall–Kier alpha value is -2.24. The van der Waals surface area contributed by atoms with E-state index in [2.05, 4.69) is 10.2 Å². The molecule has 0 aromatic carbocycles. The van der Waals surface area contributed by atoms with Crippen LogP contribution in [0.5, 0.6) is 0 Å². The first kappa shape index (κ1) is 13.2. The van der Waals surface area contributed by atoms with Crippen LogP contribution in [0, 0.1) is 27.7 Å². The summed E-state index contributed by atoms with van der Waals surface area (Å²) in [5, 5.41) is 8.64. The van der Waals surface area contributed by atoms with Crippen molar-refractivity contribution in [2.75, 3.05) is 0 Å². The first-order valence-electron chi connectivity index (χ1n) is 5.98. The second-order valence-electron chi connectivity index (χ2n) is 4.55. The summed E-state index contributed by atoms with van der Waals surface area (Å²) in [6.07, 6.45) is 1.62. The molecular formula is C13H16N4O2. The van der Waals surface area contributed by atoms with Gasteiger partial charge in [0.25, 0.3) is 0 Å². The number of aldehydes is 2. The maximum absolute atomic E-state index is 11.0. The fraction of sp³-hybridized carbons (Fsp3) is 0.385. The Morgan fingerprint density at radius 2 is 1.21 bits per heavy atom. The number of aryl methyl sites for hydroxylation is 2. The van der Waals surface area contributed by atoms with Crippen LogP contribution in [0.4, 0.5) is 0 Å². The second-order valence-corrected chi connectivity index (χ2v) is 4.55. The number of hydrogen-bond donors (Lipinski definition) is 0. The monoisotopic (exact) mass is 260 g/mol. The number of nitrogens with zero attached hydrogens (tertiary/aromatic N) is 4. The summed E-state index contributed by atoms with van der Waals surface area (Å²) in [5.74, 6) is 0. The number of carbonyl (C=O) groups excluding carboxylic acids is 2. The molecule has 0 saturated heterocycles. The summed E-state index contributed by atoms with van der Waals surface area (Å²) in [5.41, 5.74) is 4.21. The number of aromatic nitrogens is 4. The van der Waals surface area contributed by atoms with Crippen molar-refractivity contribution in [3.8, 4) is 0 Å². The van der Waals surface area contributed by atoms with Crippen LogP contribution in [0.2, 0.25) is 0 Å². The maximum atomic E-state index is 11.0. The summed E-state index contributed by atoms with van der Waals surface area (Å²) < 4.78 is 3.43. The van der Waals surface area contributed by atoms with Crippen LogP contribution < -0.4 is 0 Å². The molecule has 2 aromatic heterocycles. The van der Waals surface area contributed by atoms with E-state index in [0.29, 0.717) is 29.2 Å². The van der Waals surface area contributed by atoms with Gasteiger partial charge in [0.05, 0.1) is 22.5 Å². The molecule has 0 atom stereocenters. The summed E-state index contributed by atoms with van der Waals surface area (Å²) in [4.78, 5) is 21.9. The Morgan fingerprint density at radius 3 is 1.47 bits per heavy atom. The van der Waals surface area contributed by atoms with Crippen LogP contribution in [0.25, 0.3) is 0 Å². The fourth-order valence-electron chi connectivity index (χ4n) is 2.16. The largest absolute Gasteiger partial charge is 0.298 e. The molecule has 0 aliphatic carbocycles. The molecule has 2 rings (SSSR count). The predicted octanol–water partition coefficient (Wildman–Crippen LogP) is 1.44. The molecule has 2 heterocycles. The van der Waals surface area contributed by atoms with E-state index >= 15 is 0 Å². The highest BCUT2D eigenvalue weighted by Crippen LogP contribution is 2.13. The third kappa shape index (κ3) is 2.09. The van der Waals surface area contributed by atoms with Crippen molar-refractivity contribution in [1.29, 1.82) is 0 Å². The molecule has 0 aliphatic heterocycles. The molecular weight excluding hydrogens is 244 g/mol. The summed E-state index contributed by atoms with van der Waals surface area (Å²) >= 11 is 0. The van der Waals surface area contributed by atoms with Gasteiger partial charge in [0, 0.05) is 11.4 Å². The average Bonchev–Trinajstić information content (AvgIpc) is 2.78. The fourth-order valence-corrected chi connectivity index (χ4v) is 2.16. The predicted molar refractivity (Wildman–Crippen MR) is 69.6 cm³/mol. The minimum absolute atomic E-state index is 0.390. The quantitative estimate of drug-likeness (QED) is 0.780. The van der Waals surface area contributed by atoms with Gasteiger partial charge < -0.3 is 0 Å². The average molecular weight is 260 g/mol.